The summed E-state index contributed by atoms with van der Waals surface area (Å²) in [5.74, 6) is 0. The number of rotatable bonds is 4. The van der Waals surface area contributed by atoms with Crippen molar-refractivity contribution in [3.8, 4) is 0 Å². The predicted molar refractivity (Wildman–Crippen MR) is 65.6 cm³/mol. The van der Waals surface area contributed by atoms with Crippen LogP contribution in [0.15, 0.2) is 36.5 Å². The number of aliphatic hydroxyl groups excluding tert-OH is 1. The number of aryl methyl sites for hydroxylation is 1. The minimum Gasteiger partial charge on any atom is -1.00 e. The smallest absolute Gasteiger partial charge is 0.234 e. The second-order valence-corrected chi connectivity index (χ2v) is 5.12. The lowest BCUT2D eigenvalue weighted by Gasteiger charge is -1.95. The van der Waals surface area contributed by atoms with E-state index in [0.717, 1.165) is 13.0 Å². The third kappa shape index (κ3) is 3.80. The first-order chi connectivity index (χ1) is 7.79. The molecule has 0 bridgehead atoms. The van der Waals surface area contributed by atoms with Gasteiger partial charge in [0.05, 0.1) is 4.88 Å². The third-order valence-electron chi connectivity index (χ3n) is 2.54. The van der Waals surface area contributed by atoms with Gasteiger partial charge in [0.2, 0.25) is 5.01 Å². The van der Waals surface area contributed by atoms with E-state index in [1.54, 1.807) is 11.3 Å². The van der Waals surface area contributed by atoms with Crippen molar-refractivity contribution < 1.29 is 22.1 Å². The first-order valence-electron chi connectivity index (χ1n) is 5.43. The zero-order chi connectivity index (χ0) is 11.4. The molecule has 1 aromatic heterocycles. The molecule has 2 nitrogen and oxygen atoms in total. The van der Waals surface area contributed by atoms with Gasteiger partial charge >= 0.3 is 0 Å². The Morgan fingerprint density at radius 3 is 2.59 bits per heavy atom. The lowest BCUT2D eigenvalue weighted by molar-refractivity contribution is -0.689. The molecule has 1 N–H and O–H groups in total. The minimum atomic E-state index is 0. The highest BCUT2D eigenvalue weighted by Crippen LogP contribution is 2.11. The molecule has 4 heteroatoms. The number of hydrogen-bond donors (Lipinski definition) is 1. The number of benzene rings is 1. The number of halogens is 1. The van der Waals surface area contributed by atoms with Gasteiger partial charge in [-0.3, -0.25) is 0 Å². The van der Waals surface area contributed by atoms with Gasteiger partial charge in [-0.15, -0.1) is 0 Å². The van der Waals surface area contributed by atoms with E-state index in [1.807, 2.05) is 6.07 Å². The molecule has 1 heterocycles. The van der Waals surface area contributed by atoms with Crippen LogP contribution in [0, 0.1) is 6.92 Å². The van der Waals surface area contributed by atoms with Crippen molar-refractivity contribution in [2.45, 2.75) is 19.9 Å². The Bertz CT molecular complexity index is 456. The van der Waals surface area contributed by atoms with Crippen LogP contribution in [0.1, 0.15) is 15.4 Å². The fourth-order valence-corrected chi connectivity index (χ4v) is 2.69. The fourth-order valence-electron chi connectivity index (χ4n) is 1.70. The van der Waals surface area contributed by atoms with Crippen molar-refractivity contribution in [1.82, 2.24) is 0 Å². The molecule has 0 atom stereocenters. The Labute approximate surface area is 112 Å². The van der Waals surface area contributed by atoms with E-state index in [4.69, 9.17) is 5.11 Å². The van der Waals surface area contributed by atoms with Crippen LogP contribution in [0.2, 0.25) is 0 Å². The normalized spacial score (nSPS) is 10.0. The molecular formula is C13H16ClNOS. The Kier molecular flexibility index (Phi) is 5.62. The summed E-state index contributed by atoms with van der Waals surface area (Å²) in [5, 5.41) is 10.2. The van der Waals surface area contributed by atoms with E-state index in [0.29, 0.717) is 0 Å². The Hall–Kier alpha value is -0.900. The van der Waals surface area contributed by atoms with Gasteiger partial charge < -0.3 is 17.5 Å². The van der Waals surface area contributed by atoms with Gasteiger partial charge in [0.15, 0.2) is 12.7 Å². The van der Waals surface area contributed by atoms with Crippen molar-refractivity contribution in [2.24, 2.45) is 0 Å². The van der Waals surface area contributed by atoms with E-state index in [2.05, 4.69) is 42.0 Å². The van der Waals surface area contributed by atoms with Crippen molar-refractivity contribution >= 4 is 11.3 Å². The van der Waals surface area contributed by atoms with Crippen LogP contribution < -0.4 is 17.0 Å². The Morgan fingerprint density at radius 2 is 1.94 bits per heavy atom. The molecular weight excluding hydrogens is 254 g/mol. The molecule has 2 aromatic rings. The van der Waals surface area contributed by atoms with Gasteiger partial charge in [-0.1, -0.05) is 41.7 Å². The molecule has 0 aliphatic rings. The summed E-state index contributed by atoms with van der Waals surface area (Å²) in [5.41, 5.74) is 1.31. The summed E-state index contributed by atoms with van der Waals surface area (Å²) < 4.78 is 2.24. The highest BCUT2D eigenvalue weighted by molar-refractivity contribution is 7.11. The molecule has 0 saturated carbocycles. The van der Waals surface area contributed by atoms with Crippen LogP contribution in [0.25, 0.3) is 0 Å². The largest absolute Gasteiger partial charge is 1.00 e. The molecule has 1 aromatic carbocycles. The standard InChI is InChI=1S/C13H16NOS.ClH/c1-11-14(10-13(16-11)7-8-15)9-12-5-3-2-4-6-12;/h2-6,10,15H,7-9H2,1H3;1H/q+1;/p-1. The van der Waals surface area contributed by atoms with Crippen LogP contribution in [0.4, 0.5) is 0 Å². The van der Waals surface area contributed by atoms with Crippen LogP contribution in [-0.2, 0) is 13.0 Å². The fraction of sp³-hybridized carbons (Fsp3) is 0.308. The number of hydrogen-bond acceptors (Lipinski definition) is 2. The van der Waals surface area contributed by atoms with Gasteiger partial charge in [0.25, 0.3) is 0 Å². The summed E-state index contributed by atoms with van der Waals surface area (Å²) in [4.78, 5) is 1.25. The van der Waals surface area contributed by atoms with E-state index in [-0.39, 0.29) is 19.0 Å². The summed E-state index contributed by atoms with van der Waals surface area (Å²) in [6.45, 7) is 3.26. The maximum absolute atomic E-state index is 8.91. The molecule has 0 aliphatic heterocycles. The lowest BCUT2D eigenvalue weighted by atomic mass is 10.2. The molecule has 17 heavy (non-hydrogen) atoms. The summed E-state index contributed by atoms with van der Waals surface area (Å²) >= 11 is 1.76. The van der Waals surface area contributed by atoms with Crippen molar-refractivity contribution in [3.05, 3.63) is 52.0 Å². The van der Waals surface area contributed by atoms with E-state index < -0.39 is 0 Å². The number of aliphatic hydroxyl groups is 1. The van der Waals surface area contributed by atoms with Gasteiger partial charge in [0.1, 0.15) is 0 Å². The number of thiazole rings is 1. The summed E-state index contributed by atoms with van der Waals surface area (Å²) in [7, 11) is 0. The minimum absolute atomic E-state index is 0. The average Bonchev–Trinajstić information content (AvgIpc) is 2.61. The number of aromatic nitrogens is 1. The molecule has 0 saturated heterocycles. The first kappa shape index (κ1) is 14.2. The quantitative estimate of drug-likeness (QED) is 0.703. The molecule has 2 rings (SSSR count). The van der Waals surface area contributed by atoms with E-state index in [1.165, 1.54) is 15.4 Å². The van der Waals surface area contributed by atoms with E-state index >= 15 is 0 Å². The first-order valence-corrected chi connectivity index (χ1v) is 6.25. The molecule has 0 spiro atoms. The van der Waals surface area contributed by atoms with Crippen molar-refractivity contribution in [1.29, 1.82) is 0 Å². The molecule has 0 radical (unpaired) electrons. The van der Waals surface area contributed by atoms with Crippen molar-refractivity contribution in [2.75, 3.05) is 6.61 Å². The van der Waals surface area contributed by atoms with Crippen molar-refractivity contribution in [3.63, 3.8) is 0 Å². The second kappa shape index (κ2) is 6.74. The molecule has 0 fully saturated rings. The number of nitrogens with zero attached hydrogens (tertiary/aromatic N) is 1. The third-order valence-corrected chi connectivity index (χ3v) is 3.64. The molecule has 0 amide bonds. The van der Waals surface area contributed by atoms with Gasteiger partial charge in [-0.05, 0) is 0 Å². The maximum atomic E-state index is 8.91. The van der Waals surface area contributed by atoms with E-state index in [9.17, 15) is 0 Å². The highest BCUT2D eigenvalue weighted by atomic mass is 35.5. The predicted octanol–water partition coefficient (Wildman–Crippen LogP) is -1.07. The highest BCUT2D eigenvalue weighted by Gasteiger charge is 2.12. The molecule has 0 unspecified atom stereocenters. The zero-order valence-corrected chi connectivity index (χ0v) is 11.3. The van der Waals surface area contributed by atoms with Crippen LogP contribution >= 0.6 is 11.3 Å². The Balaban J connectivity index is 0.00000144. The topological polar surface area (TPSA) is 24.1 Å². The van der Waals surface area contributed by atoms with Gasteiger partial charge in [0, 0.05) is 25.5 Å². The average molecular weight is 270 g/mol. The Morgan fingerprint density at radius 1 is 1.24 bits per heavy atom. The second-order valence-electron chi connectivity index (χ2n) is 3.80. The van der Waals surface area contributed by atoms with Gasteiger partial charge in [-0.25, -0.2) is 0 Å². The SMILES string of the molecule is Cc1sc(CCO)c[n+]1Cc1ccccc1.[Cl-]. The lowest BCUT2D eigenvalue weighted by Crippen LogP contribution is -3.00. The van der Waals surface area contributed by atoms with Crippen LogP contribution in [0.5, 0.6) is 0 Å². The van der Waals surface area contributed by atoms with Crippen LogP contribution in [0.3, 0.4) is 0 Å². The maximum Gasteiger partial charge on any atom is 0.234 e. The summed E-state index contributed by atoms with van der Waals surface area (Å²) in [6.07, 6.45) is 2.90. The molecule has 0 aliphatic carbocycles. The monoisotopic (exact) mass is 269 g/mol. The molecule has 92 valence electrons. The summed E-state index contributed by atoms with van der Waals surface area (Å²) in [6, 6.07) is 10.4. The zero-order valence-electron chi connectivity index (χ0n) is 9.77. The van der Waals surface area contributed by atoms with Gasteiger partial charge in [-0.2, -0.15) is 4.57 Å². The van der Waals surface area contributed by atoms with Crippen LogP contribution in [-0.4, -0.2) is 11.7 Å².